The Morgan fingerprint density at radius 1 is 1.19 bits per heavy atom. The highest BCUT2D eigenvalue weighted by Crippen LogP contribution is 2.37. The van der Waals surface area contributed by atoms with Gasteiger partial charge in [0, 0.05) is 25.0 Å². The number of hydrogen-bond acceptors (Lipinski definition) is 6. The molecule has 0 fully saturated rings. The van der Waals surface area contributed by atoms with E-state index in [4.69, 9.17) is 9.72 Å². The third kappa shape index (κ3) is 4.48. The van der Waals surface area contributed by atoms with Crippen LogP contribution in [0.4, 0.5) is 5.82 Å². The van der Waals surface area contributed by atoms with Crippen molar-refractivity contribution in [3.05, 3.63) is 29.5 Å². The highest BCUT2D eigenvalue weighted by Gasteiger charge is 2.19. The summed E-state index contributed by atoms with van der Waals surface area (Å²) >= 11 is 1.63. The van der Waals surface area contributed by atoms with Crippen LogP contribution < -0.4 is 9.64 Å². The number of aliphatic hydroxyl groups is 1. The highest BCUT2D eigenvalue weighted by molar-refractivity contribution is 8.00. The monoisotopic (exact) mass is 375 g/mol. The predicted octanol–water partition coefficient (Wildman–Crippen LogP) is 4.12. The zero-order valence-corrected chi connectivity index (χ0v) is 17.5. The van der Waals surface area contributed by atoms with E-state index in [0.717, 1.165) is 33.2 Å². The summed E-state index contributed by atoms with van der Waals surface area (Å²) in [5.74, 6) is 1.81. The van der Waals surface area contributed by atoms with Crippen LogP contribution in [-0.4, -0.2) is 48.1 Å². The van der Waals surface area contributed by atoms with Gasteiger partial charge in [0.2, 0.25) is 5.88 Å². The Labute approximate surface area is 160 Å². The van der Waals surface area contributed by atoms with Gasteiger partial charge in [-0.2, -0.15) is 0 Å². The summed E-state index contributed by atoms with van der Waals surface area (Å²) in [6.07, 6.45) is 0. The van der Waals surface area contributed by atoms with Gasteiger partial charge in [-0.05, 0) is 36.6 Å². The smallest absolute Gasteiger partial charge is 0.222 e. The van der Waals surface area contributed by atoms with Gasteiger partial charge >= 0.3 is 0 Å². The Balaban J connectivity index is 2.58. The molecule has 1 unspecified atom stereocenters. The topological polar surface area (TPSA) is 58.5 Å². The van der Waals surface area contributed by atoms with Gasteiger partial charge in [-0.3, -0.25) is 0 Å². The van der Waals surface area contributed by atoms with Crippen LogP contribution in [0.15, 0.2) is 23.1 Å². The van der Waals surface area contributed by atoms with Crippen LogP contribution in [0.3, 0.4) is 0 Å². The van der Waals surface area contributed by atoms with Crippen molar-refractivity contribution >= 4 is 17.6 Å². The molecule has 5 nitrogen and oxygen atoms in total. The number of rotatable bonds is 7. The molecule has 2 aromatic rings. The second-order valence-electron chi connectivity index (χ2n) is 6.93. The van der Waals surface area contributed by atoms with Crippen LogP contribution in [0.25, 0.3) is 11.3 Å². The van der Waals surface area contributed by atoms with Crippen molar-refractivity contribution in [3.8, 4) is 17.1 Å². The number of nitrogens with zero attached hydrogens (tertiary/aromatic N) is 3. The molecule has 0 aromatic carbocycles. The molecule has 0 aliphatic rings. The molecule has 0 bridgehead atoms. The average Bonchev–Trinajstić information content (AvgIpc) is 2.60. The first-order valence-electron chi connectivity index (χ1n) is 8.80. The minimum absolute atomic E-state index is 0.113. The summed E-state index contributed by atoms with van der Waals surface area (Å²) in [4.78, 5) is 12.6. The van der Waals surface area contributed by atoms with E-state index < -0.39 is 0 Å². The van der Waals surface area contributed by atoms with Crippen molar-refractivity contribution < 1.29 is 9.84 Å². The first-order valence-corrected chi connectivity index (χ1v) is 9.68. The highest BCUT2D eigenvalue weighted by atomic mass is 32.2. The number of aliphatic hydroxyl groups excluding tert-OH is 1. The molecule has 1 atom stereocenters. The number of aromatic nitrogens is 2. The summed E-state index contributed by atoms with van der Waals surface area (Å²) in [6.45, 7) is 8.41. The summed E-state index contributed by atoms with van der Waals surface area (Å²) in [6, 6.07) is 6.21. The second-order valence-corrected chi connectivity index (χ2v) is 8.41. The van der Waals surface area contributed by atoms with Gasteiger partial charge in [-0.25, -0.2) is 9.97 Å². The van der Waals surface area contributed by atoms with E-state index in [1.807, 2.05) is 45.0 Å². The molecule has 0 saturated carbocycles. The summed E-state index contributed by atoms with van der Waals surface area (Å²) in [5, 5.41) is 9.50. The van der Waals surface area contributed by atoms with Crippen LogP contribution in [0.1, 0.15) is 37.9 Å². The molecule has 1 N–H and O–H groups in total. The molecule has 26 heavy (non-hydrogen) atoms. The number of methoxy groups -OCH3 is 1. The lowest BCUT2D eigenvalue weighted by atomic mass is 10.0. The Kier molecular flexibility index (Phi) is 6.89. The Morgan fingerprint density at radius 3 is 2.42 bits per heavy atom. The molecule has 0 aliphatic carbocycles. The van der Waals surface area contributed by atoms with Crippen LogP contribution in [0.2, 0.25) is 0 Å². The molecular formula is C20H29N3O2S. The van der Waals surface area contributed by atoms with Crippen molar-refractivity contribution in [2.75, 3.05) is 32.7 Å². The number of hydrogen-bond donors (Lipinski definition) is 1. The van der Waals surface area contributed by atoms with Crippen LogP contribution >= 0.6 is 11.8 Å². The van der Waals surface area contributed by atoms with Crippen molar-refractivity contribution in [3.63, 3.8) is 0 Å². The fourth-order valence-corrected chi connectivity index (χ4v) is 3.71. The normalized spacial score (nSPS) is 12.3. The molecule has 142 valence electrons. The van der Waals surface area contributed by atoms with Crippen molar-refractivity contribution in [2.24, 2.45) is 0 Å². The van der Waals surface area contributed by atoms with Gasteiger partial charge < -0.3 is 14.7 Å². The number of aryl methyl sites for hydroxylation is 1. The third-order valence-corrected chi connectivity index (χ3v) is 5.20. The zero-order valence-electron chi connectivity index (χ0n) is 16.7. The largest absolute Gasteiger partial charge is 0.480 e. The van der Waals surface area contributed by atoms with Crippen LogP contribution in [-0.2, 0) is 0 Å². The fourth-order valence-electron chi connectivity index (χ4n) is 2.62. The van der Waals surface area contributed by atoms with Crippen molar-refractivity contribution in [2.45, 2.75) is 43.8 Å². The SMILES string of the molecule is COc1nc(C(C)C)ccc1-c1nc(N(C)C)c(SC(C)CO)cc1C. The number of thioether (sulfide) groups is 1. The van der Waals surface area contributed by atoms with E-state index in [1.54, 1.807) is 18.9 Å². The van der Waals surface area contributed by atoms with E-state index in [0.29, 0.717) is 11.8 Å². The molecule has 6 heteroatoms. The van der Waals surface area contributed by atoms with Gasteiger partial charge in [0.15, 0.2) is 0 Å². The number of ether oxygens (including phenoxy) is 1. The molecule has 0 saturated heterocycles. The predicted molar refractivity (Wildman–Crippen MR) is 110 cm³/mol. The molecule has 0 amide bonds. The lowest BCUT2D eigenvalue weighted by Gasteiger charge is -2.21. The van der Waals surface area contributed by atoms with E-state index in [1.165, 1.54) is 0 Å². The first kappa shape index (κ1) is 20.5. The van der Waals surface area contributed by atoms with Crippen molar-refractivity contribution in [1.82, 2.24) is 9.97 Å². The van der Waals surface area contributed by atoms with Gasteiger partial charge in [-0.1, -0.05) is 20.8 Å². The van der Waals surface area contributed by atoms with Crippen LogP contribution in [0, 0.1) is 6.92 Å². The number of anilines is 1. The van der Waals surface area contributed by atoms with E-state index in [-0.39, 0.29) is 11.9 Å². The maximum absolute atomic E-state index is 9.39. The first-order chi connectivity index (χ1) is 12.3. The molecule has 2 aromatic heterocycles. The molecule has 0 radical (unpaired) electrons. The quantitative estimate of drug-likeness (QED) is 0.735. The average molecular weight is 376 g/mol. The zero-order chi connectivity index (χ0) is 19.4. The van der Waals surface area contributed by atoms with Gasteiger partial charge in [-0.15, -0.1) is 11.8 Å². The molecule has 0 spiro atoms. The minimum Gasteiger partial charge on any atom is -0.480 e. The second kappa shape index (κ2) is 8.73. The minimum atomic E-state index is 0.113. The maximum atomic E-state index is 9.39. The Morgan fingerprint density at radius 2 is 1.88 bits per heavy atom. The van der Waals surface area contributed by atoms with Gasteiger partial charge in [0.05, 0.1) is 29.9 Å². The fraction of sp³-hybridized carbons (Fsp3) is 0.500. The lowest BCUT2D eigenvalue weighted by molar-refractivity contribution is 0.300. The van der Waals surface area contributed by atoms with Gasteiger partial charge in [0.25, 0.3) is 0 Å². The standard InChI is InChI=1S/C20H29N3O2S/c1-12(2)16-9-8-15(20(21-16)25-7)18-13(3)10-17(26-14(4)11-24)19(22-18)23(5)6/h8-10,12,14,24H,11H2,1-7H3. The Hall–Kier alpha value is -1.79. The lowest BCUT2D eigenvalue weighted by Crippen LogP contribution is -2.14. The van der Waals surface area contributed by atoms with E-state index in [9.17, 15) is 5.11 Å². The molecular weight excluding hydrogens is 346 g/mol. The van der Waals surface area contributed by atoms with Crippen LogP contribution in [0.5, 0.6) is 5.88 Å². The summed E-state index contributed by atoms with van der Waals surface area (Å²) in [7, 11) is 5.60. The molecule has 2 rings (SSSR count). The van der Waals surface area contributed by atoms with Crippen molar-refractivity contribution in [1.29, 1.82) is 0 Å². The Bertz CT molecular complexity index is 763. The molecule has 2 heterocycles. The number of pyridine rings is 2. The molecule has 0 aliphatic heterocycles. The third-order valence-electron chi connectivity index (χ3n) is 4.09. The maximum Gasteiger partial charge on any atom is 0.222 e. The van der Waals surface area contributed by atoms with E-state index >= 15 is 0 Å². The summed E-state index contributed by atoms with van der Waals surface area (Å²) in [5.41, 5.74) is 3.82. The van der Waals surface area contributed by atoms with E-state index in [2.05, 4.69) is 24.9 Å². The summed E-state index contributed by atoms with van der Waals surface area (Å²) < 4.78 is 5.56. The van der Waals surface area contributed by atoms with Gasteiger partial charge in [0.1, 0.15) is 5.82 Å².